The maximum absolute atomic E-state index is 13.3. The summed E-state index contributed by atoms with van der Waals surface area (Å²) in [5, 5.41) is 4.80. The third-order valence-corrected chi connectivity index (χ3v) is 2.71. The molecule has 7 heteroatoms. The third kappa shape index (κ3) is 3.47. The number of carbonyl (C=O) groups excluding carboxylic acids is 2. The Morgan fingerprint density at radius 1 is 1.37 bits per heavy atom. The molecule has 1 aromatic rings. The van der Waals surface area contributed by atoms with Crippen LogP contribution in [-0.4, -0.2) is 42.9 Å². The highest BCUT2D eigenvalue weighted by atomic mass is 19.1. The minimum Gasteiger partial charge on any atom is -0.354 e. The standard InChI is InChI=1S/C12H13F2N3O2/c13-8-2-1-3-9(14)12(8)16-11(19)7-17-5-4-15-10(18)6-17/h1-3H,4-7H2,(H,15,18)(H,16,19). The van der Waals surface area contributed by atoms with E-state index in [2.05, 4.69) is 10.6 Å². The van der Waals surface area contributed by atoms with Gasteiger partial charge in [-0.25, -0.2) is 8.78 Å². The van der Waals surface area contributed by atoms with E-state index in [4.69, 9.17) is 0 Å². The van der Waals surface area contributed by atoms with Crippen LogP contribution in [0.15, 0.2) is 18.2 Å². The number of nitrogens with one attached hydrogen (secondary N) is 2. The average molecular weight is 269 g/mol. The van der Waals surface area contributed by atoms with Crippen molar-refractivity contribution in [3.63, 3.8) is 0 Å². The van der Waals surface area contributed by atoms with Crippen LogP contribution < -0.4 is 10.6 Å². The van der Waals surface area contributed by atoms with Crippen LogP contribution in [0.25, 0.3) is 0 Å². The number of amides is 2. The van der Waals surface area contributed by atoms with Crippen molar-refractivity contribution in [3.8, 4) is 0 Å². The first kappa shape index (κ1) is 13.4. The molecular weight excluding hydrogens is 256 g/mol. The van der Waals surface area contributed by atoms with Crippen LogP contribution in [0.3, 0.4) is 0 Å². The molecule has 2 rings (SSSR count). The van der Waals surface area contributed by atoms with E-state index in [0.29, 0.717) is 13.1 Å². The monoisotopic (exact) mass is 269 g/mol. The highest BCUT2D eigenvalue weighted by Gasteiger charge is 2.19. The van der Waals surface area contributed by atoms with E-state index in [1.807, 2.05) is 0 Å². The summed E-state index contributed by atoms with van der Waals surface area (Å²) in [6.45, 7) is 1.01. The Bertz CT molecular complexity index is 487. The molecular formula is C12H13F2N3O2. The first-order chi connectivity index (χ1) is 9.06. The van der Waals surface area contributed by atoms with E-state index in [-0.39, 0.29) is 19.0 Å². The molecule has 2 amide bonds. The number of halogens is 2. The largest absolute Gasteiger partial charge is 0.354 e. The minimum absolute atomic E-state index is 0.0821. The Kier molecular flexibility index (Phi) is 4.06. The number of carbonyl (C=O) groups is 2. The Morgan fingerprint density at radius 3 is 2.68 bits per heavy atom. The molecule has 0 aliphatic carbocycles. The van der Waals surface area contributed by atoms with Crippen LogP contribution in [0.2, 0.25) is 0 Å². The molecule has 0 unspecified atom stereocenters. The van der Waals surface area contributed by atoms with Gasteiger partial charge in [0.15, 0.2) is 0 Å². The number of rotatable bonds is 3. The van der Waals surface area contributed by atoms with Gasteiger partial charge in [-0.2, -0.15) is 0 Å². The first-order valence-electron chi connectivity index (χ1n) is 5.79. The number of hydrogen-bond acceptors (Lipinski definition) is 3. The third-order valence-electron chi connectivity index (χ3n) is 2.71. The van der Waals surface area contributed by atoms with E-state index < -0.39 is 23.2 Å². The van der Waals surface area contributed by atoms with Crippen molar-refractivity contribution >= 4 is 17.5 Å². The zero-order chi connectivity index (χ0) is 13.8. The molecule has 1 heterocycles. The number of benzene rings is 1. The Balaban J connectivity index is 1.96. The maximum atomic E-state index is 13.3. The Labute approximate surface area is 108 Å². The highest BCUT2D eigenvalue weighted by Crippen LogP contribution is 2.17. The van der Waals surface area contributed by atoms with E-state index >= 15 is 0 Å². The van der Waals surface area contributed by atoms with Crippen LogP contribution >= 0.6 is 0 Å². The van der Waals surface area contributed by atoms with Crippen molar-refractivity contribution in [3.05, 3.63) is 29.8 Å². The molecule has 19 heavy (non-hydrogen) atoms. The molecule has 1 aliphatic heterocycles. The van der Waals surface area contributed by atoms with Crippen molar-refractivity contribution in [2.24, 2.45) is 0 Å². The molecule has 1 fully saturated rings. The van der Waals surface area contributed by atoms with Crippen molar-refractivity contribution < 1.29 is 18.4 Å². The molecule has 0 radical (unpaired) electrons. The molecule has 1 aliphatic rings. The van der Waals surface area contributed by atoms with Crippen LogP contribution in [0, 0.1) is 11.6 Å². The van der Waals surface area contributed by atoms with Gasteiger partial charge >= 0.3 is 0 Å². The van der Waals surface area contributed by atoms with Crippen LogP contribution in [0.5, 0.6) is 0 Å². The molecule has 0 atom stereocenters. The van der Waals surface area contributed by atoms with Gasteiger partial charge in [0.05, 0.1) is 13.1 Å². The van der Waals surface area contributed by atoms with Crippen LogP contribution in [0.4, 0.5) is 14.5 Å². The molecule has 1 aromatic carbocycles. The Hall–Kier alpha value is -2.02. The lowest BCUT2D eigenvalue weighted by molar-refractivity contribution is -0.125. The molecule has 1 saturated heterocycles. The lowest BCUT2D eigenvalue weighted by Gasteiger charge is -2.25. The number of hydrogen-bond donors (Lipinski definition) is 2. The normalized spacial score (nSPS) is 16.0. The predicted molar refractivity (Wildman–Crippen MR) is 64.4 cm³/mol. The minimum atomic E-state index is -0.829. The van der Waals surface area contributed by atoms with Crippen molar-refractivity contribution in [2.45, 2.75) is 0 Å². The number of piperazine rings is 1. The summed E-state index contributed by atoms with van der Waals surface area (Å²) in [5.74, 6) is -2.38. The summed E-state index contributed by atoms with van der Waals surface area (Å²) >= 11 is 0. The smallest absolute Gasteiger partial charge is 0.238 e. The van der Waals surface area contributed by atoms with Gasteiger partial charge < -0.3 is 10.6 Å². The zero-order valence-electron chi connectivity index (χ0n) is 10.1. The average Bonchev–Trinajstić information content (AvgIpc) is 2.34. The van der Waals surface area contributed by atoms with Gasteiger partial charge in [0.2, 0.25) is 11.8 Å². The summed E-state index contributed by atoms with van der Waals surface area (Å²) < 4.78 is 26.6. The van der Waals surface area contributed by atoms with Gasteiger partial charge in [0.25, 0.3) is 0 Å². The second-order valence-corrected chi connectivity index (χ2v) is 4.21. The second kappa shape index (κ2) is 5.75. The van der Waals surface area contributed by atoms with Crippen molar-refractivity contribution in [1.82, 2.24) is 10.2 Å². The van der Waals surface area contributed by atoms with Gasteiger partial charge in [0.1, 0.15) is 17.3 Å². The summed E-state index contributed by atoms with van der Waals surface area (Å²) in [7, 11) is 0. The topological polar surface area (TPSA) is 61.4 Å². The van der Waals surface area contributed by atoms with Crippen molar-refractivity contribution in [1.29, 1.82) is 0 Å². The molecule has 0 aromatic heterocycles. The molecule has 102 valence electrons. The first-order valence-corrected chi connectivity index (χ1v) is 5.79. The molecule has 2 N–H and O–H groups in total. The molecule has 0 spiro atoms. The van der Waals surface area contributed by atoms with E-state index in [9.17, 15) is 18.4 Å². The SMILES string of the molecule is O=C1CN(CC(=O)Nc2c(F)cccc2F)CCN1. The highest BCUT2D eigenvalue weighted by molar-refractivity contribution is 5.93. The van der Waals surface area contributed by atoms with E-state index in [1.54, 1.807) is 4.90 Å². The summed E-state index contributed by atoms with van der Waals surface area (Å²) in [5.41, 5.74) is -0.464. The quantitative estimate of drug-likeness (QED) is 0.831. The second-order valence-electron chi connectivity index (χ2n) is 4.21. The fraction of sp³-hybridized carbons (Fsp3) is 0.333. The fourth-order valence-electron chi connectivity index (χ4n) is 1.83. The van der Waals surface area contributed by atoms with Crippen molar-refractivity contribution in [2.75, 3.05) is 31.5 Å². The van der Waals surface area contributed by atoms with Gasteiger partial charge in [-0.3, -0.25) is 14.5 Å². The number of para-hydroxylation sites is 1. The number of anilines is 1. The van der Waals surface area contributed by atoms with Gasteiger partial charge in [-0.15, -0.1) is 0 Å². The van der Waals surface area contributed by atoms with E-state index in [0.717, 1.165) is 12.1 Å². The fourth-order valence-corrected chi connectivity index (χ4v) is 1.83. The van der Waals surface area contributed by atoms with Gasteiger partial charge in [-0.05, 0) is 12.1 Å². The van der Waals surface area contributed by atoms with Gasteiger partial charge in [-0.1, -0.05) is 6.07 Å². The van der Waals surface area contributed by atoms with Crippen LogP contribution in [-0.2, 0) is 9.59 Å². The van der Waals surface area contributed by atoms with Gasteiger partial charge in [0, 0.05) is 13.1 Å². The maximum Gasteiger partial charge on any atom is 0.238 e. The zero-order valence-corrected chi connectivity index (χ0v) is 10.1. The van der Waals surface area contributed by atoms with E-state index in [1.165, 1.54) is 6.07 Å². The summed E-state index contributed by atoms with van der Waals surface area (Å²) in [6.07, 6.45) is 0. The summed E-state index contributed by atoms with van der Waals surface area (Å²) in [4.78, 5) is 24.4. The lowest BCUT2D eigenvalue weighted by atomic mass is 10.3. The number of nitrogens with zero attached hydrogens (tertiary/aromatic N) is 1. The molecule has 0 saturated carbocycles. The lowest BCUT2D eigenvalue weighted by Crippen LogP contribution is -2.49. The van der Waals surface area contributed by atoms with Crippen LogP contribution in [0.1, 0.15) is 0 Å². The molecule has 0 bridgehead atoms. The predicted octanol–water partition coefficient (Wildman–Crippen LogP) is 0.335. The molecule has 5 nitrogen and oxygen atoms in total. The summed E-state index contributed by atoms with van der Waals surface area (Å²) in [6, 6.07) is 3.34. The Morgan fingerprint density at radius 2 is 2.05 bits per heavy atom.